The maximum atomic E-state index is 12.2. The van der Waals surface area contributed by atoms with Gasteiger partial charge in [0.15, 0.2) is 0 Å². The van der Waals surface area contributed by atoms with Crippen LogP contribution >= 0.6 is 0 Å². The fourth-order valence-corrected chi connectivity index (χ4v) is 2.84. The Balaban J connectivity index is 1.62. The van der Waals surface area contributed by atoms with Crippen molar-refractivity contribution in [1.29, 1.82) is 0 Å². The van der Waals surface area contributed by atoms with Crippen LogP contribution in [0.4, 0.5) is 5.69 Å². The highest BCUT2D eigenvalue weighted by atomic mass is 16.2. The molecule has 0 aromatic heterocycles. The molecule has 0 unspecified atom stereocenters. The molecule has 0 bridgehead atoms. The van der Waals surface area contributed by atoms with E-state index >= 15 is 0 Å². The molecule has 0 radical (unpaired) electrons. The maximum Gasteiger partial charge on any atom is 0.255 e. The van der Waals surface area contributed by atoms with Gasteiger partial charge in [0.05, 0.1) is 0 Å². The predicted octanol–water partition coefficient (Wildman–Crippen LogP) is 3.61. The van der Waals surface area contributed by atoms with Gasteiger partial charge in [-0.3, -0.25) is 9.59 Å². The van der Waals surface area contributed by atoms with E-state index in [0.29, 0.717) is 17.2 Å². The van der Waals surface area contributed by atoms with Crippen LogP contribution in [0.15, 0.2) is 54.6 Å². The number of rotatable bonds is 4. The van der Waals surface area contributed by atoms with Gasteiger partial charge in [0, 0.05) is 22.9 Å². The second kappa shape index (κ2) is 7.09. The number of hydrogen-bond donors (Lipinski definition) is 2. The molecule has 2 amide bonds. The summed E-state index contributed by atoms with van der Waals surface area (Å²) in [6.45, 7) is 0. The molecule has 3 rings (SSSR count). The summed E-state index contributed by atoms with van der Waals surface area (Å²) in [5, 5.41) is 5.87. The summed E-state index contributed by atoms with van der Waals surface area (Å²) in [5.41, 5.74) is 1.87. The summed E-state index contributed by atoms with van der Waals surface area (Å²) in [7, 11) is 0. The van der Waals surface area contributed by atoms with Crippen LogP contribution in [0.5, 0.6) is 0 Å². The second-order valence-electron chi connectivity index (χ2n) is 5.85. The molecule has 118 valence electrons. The molecule has 0 heterocycles. The van der Waals surface area contributed by atoms with Gasteiger partial charge in [0.1, 0.15) is 0 Å². The number of para-hydroxylation sites is 1. The van der Waals surface area contributed by atoms with Crippen LogP contribution in [0, 0.1) is 0 Å². The first kappa shape index (κ1) is 15.3. The van der Waals surface area contributed by atoms with Crippen LogP contribution in [0.25, 0.3) is 0 Å². The minimum Gasteiger partial charge on any atom is -0.349 e. The van der Waals surface area contributed by atoms with Crippen LogP contribution in [0.3, 0.4) is 0 Å². The lowest BCUT2D eigenvalue weighted by Crippen LogP contribution is -2.32. The van der Waals surface area contributed by atoms with Crippen LogP contribution < -0.4 is 10.6 Å². The van der Waals surface area contributed by atoms with Gasteiger partial charge in [0.25, 0.3) is 11.8 Å². The molecule has 1 saturated carbocycles. The van der Waals surface area contributed by atoms with Crippen molar-refractivity contribution in [3.8, 4) is 0 Å². The first-order chi connectivity index (χ1) is 11.2. The Labute approximate surface area is 135 Å². The first-order valence-corrected chi connectivity index (χ1v) is 8.00. The Kier molecular flexibility index (Phi) is 4.71. The van der Waals surface area contributed by atoms with Crippen molar-refractivity contribution in [3.05, 3.63) is 65.7 Å². The average Bonchev–Trinajstić information content (AvgIpc) is 3.09. The molecule has 0 aliphatic heterocycles. The Hall–Kier alpha value is -2.62. The number of amides is 2. The molecule has 4 heteroatoms. The third kappa shape index (κ3) is 3.97. The zero-order valence-electron chi connectivity index (χ0n) is 12.9. The summed E-state index contributed by atoms with van der Waals surface area (Å²) < 4.78 is 0. The van der Waals surface area contributed by atoms with Crippen molar-refractivity contribution in [2.75, 3.05) is 5.32 Å². The van der Waals surface area contributed by atoms with Crippen molar-refractivity contribution < 1.29 is 9.59 Å². The van der Waals surface area contributed by atoms with E-state index in [1.165, 1.54) is 12.8 Å². The summed E-state index contributed by atoms with van der Waals surface area (Å²) in [4.78, 5) is 24.3. The van der Waals surface area contributed by atoms with Crippen LogP contribution in [-0.2, 0) is 0 Å². The zero-order chi connectivity index (χ0) is 16.1. The lowest BCUT2D eigenvalue weighted by molar-refractivity contribution is 0.0936. The SMILES string of the molecule is O=C(Nc1ccccc1)c1ccc(C(=O)NC2CCCC2)cc1. The van der Waals surface area contributed by atoms with E-state index in [1.807, 2.05) is 30.3 Å². The molecule has 2 N–H and O–H groups in total. The third-order valence-electron chi connectivity index (χ3n) is 4.13. The van der Waals surface area contributed by atoms with E-state index < -0.39 is 0 Å². The molecule has 0 atom stereocenters. The molecular formula is C19H20N2O2. The van der Waals surface area contributed by atoms with Crippen LogP contribution in [0.2, 0.25) is 0 Å². The second-order valence-corrected chi connectivity index (χ2v) is 5.85. The fourth-order valence-electron chi connectivity index (χ4n) is 2.84. The Morgan fingerprint density at radius 1 is 0.783 bits per heavy atom. The number of benzene rings is 2. The van der Waals surface area contributed by atoms with E-state index in [4.69, 9.17) is 0 Å². The average molecular weight is 308 g/mol. The summed E-state index contributed by atoms with van der Waals surface area (Å²) in [6, 6.07) is 16.4. The highest BCUT2D eigenvalue weighted by Gasteiger charge is 2.18. The molecular weight excluding hydrogens is 288 g/mol. The Bertz CT molecular complexity index is 674. The van der Waals surface area contributed by atoms with E-state index in [0.717, 1.165) is 18.5 Å². The normalized spacial score (nSPS) is 14.4. The van der Waals surface area contributed by atoms with Crippen LogP contribution in [0.1, 0.15) is 46.4 Å². The monoisotopic (exact) mass is 308 g/mol. The van der Waals surface area contributed by atoms with Gasteiger partial charge >= 0.3 is 0 Å². The third-order valence-corrected chi connectivity index (χ3v) is 4.13. The van der Waals surface area contributed by atoms with Gasteiger partial charge in [-0.05, 0) is 49.2 Å². The molecule has 2 aromatic rings. The highest BCUT2D eigenvalue weighted by Crippen LogP contribution is 2.18. The highest BCUT2D eigenvalue weighted by molar-refractivity contribution is 6.05. The van der Waals surface area contributed by atoms with Crippen molar-refractivity contribution in [2.24, 2.45) is 0 Å². The molecule has 1 fully saturated rings. The first-order valence-electron chi connectivity index (χ1n) is 8.00. The summed E-state index contributed by atoms with van der Waals surface area (Å²) in [5.74, 6) is -0.245. The van der Waals surface area contributed by atoms with Gasteiger partial charge in [-0.1, -0.05) is 31.0 Å². The fraction of sp³-hybridized carbons (Fsp3) is 0.263. The topological polar surface area (TPSA) is 58.2 Å². The Morgan fingerprint density at radius 2 is 1.35 bits per heavy atom. The van der Waals surface area contributed by atoms with Gasteiger partial charge < -0.3 is 10.6 Å². The summed E-state index contributed by atoms with van der Waals surface area (Å²) >= 11 is 0. The van der Waals surface area contributed by atoms with Crippen LogP contribution in [-0.4, -0.2) is 17.9 Å². The number of nitrogens with one attached hydrogen (secondary N) is 2. The van der Waals surface area contributed by atoms with E-state index in [1.54, 1.807) is 24.3 Å². The van der Waals surface area contributed by atoms with Crippen molar-refractivity contribution >= 4 is 17.5 Å². The maximum absolute atomic E-state index is 12.2. The van der Waals surface area contributed by atoms with Gasteiger partial charge in [-0.15, -0.1) is 0 Å². The van der Waals surface area contributed by atoms with E-state index in [2.05, 4.69) is 10.6 Å². The lowest BCUT2D eigenvalue weighted by atomic mass is 10.1. The molecule has 2 aromatic carbocycles. The molecule has 4 nitrogen and oxygen atoms in total. The number of carbonyl (C=O) groups excluding carboxylic acids is 2. The smallest absolute Gasteiger partial charge is 0.255 e. The molecule has 0 saturated heterocycles. The van der Waals surface area contributed by atoms with E-state index in [9.17, 15) is 9.59 Å². The van der Waals surface area contributed by atoms with Gasteiger partial charge in [-0.2, -0.15) is 0 Å². The predicted molar refractivity (Wildman–Crippen MR) is 90.6 cm³/mol. The van der Waals surface area contributed by atoms with Crippen molar-refractivity contribution in [2.45, 2.75) is 31.7 Å². The molecule has 1 aliphatic carbocycles. The summed E-state index contributed by atoms with van der Waals surface area (Å²) in [6.07, 6.45) is 4.49. The molecule has 1 aliphatic rings. The zero-order valence-corrected chi connectivity index (χ0v) is 12.9. The molecule has 0 spiro atoms. The van der Waals surface area contributed by atoms with Gasteiger partial charge in [-0.25, -0.2) is 0 Å². The number of carbonyl (C=O) groups is 2. The number of hydrogen-bond acceptors (Lipinski definition) is 2. The quantitative estimate of drug-likeness (QED) is 0.906. The minimum atomic E-state index is -0.182. The lowest BCUT2D eigenvalue weighted by Gasteiger charge is -2.12. The minimum absolute atomic E-state index is 0.0630. The van der Waals surface area contributed by atoms with Crippen molar-refractivity contribution in [3.63, 3.8) is 0 Å². The van der Waals surface area contributed by atoms with Gasteiger partial charge in [0.2, 0.25) is 0 Å². The van der Waals surface area contributed by atoms with E-state index in [-0.39, 0.29) is 11.8 Å². The van der Waals surface area contributed by atoms with Crippen molar-refractivity contribution in [1.82, 2.24) is 5.32 Å². The Morgan fingerprint density at radius 3 is 1.96 bits per heavy atom. The largest absolute Gasteiger partial charge is 0.349 e. The molecule has 23 heavy (non-hydrogen) atoms. The number of anilines is 1. The standard InChI is InChI=1S/C19H20N2O2/c22-18(20-16-6-2-1-3-7-16)14-10-12-15(13-11-14)19(23)21-17-8-4-5-9-17/h1-3,6-7,10-13,17H,4-5,8-9H2,(H,20,22)(H,21,23).